The molecule has 1 aliphatic carbocycles. The lowest BCUT2D eigenvalue weighted by Crippen LogP contribution is -2.57. The van der Waals surface area contributed by atoms with Crippen LogP contribution in [0.4, 0.5) is 13.2 Å². The van der Waals surface area contributed by atoms with Crippen molar-refractivity contribution in [2.45, 2.75) is 56.9 Å². The highest BCUT2D eigenvalue weighted by atomic mass is 19.4. The highest BCUT2D eigenvalue weighted by Crippen LogP contribution is 2.31. The fraction of sp³-hybridized carbons (Fsp3) is 0.769. The summed E-state index contributed by atoms with van der Waals surface area (Å²) in [5, 5.41) is 6.79. The van der Waals surface area contributed by atoms with Crippen LogP contribution < -0.4 is 5.73 Å². The van der Waals surface area contributed by atoms with Crippen LogP contribution in [0.5, 0.6) is 0 Å². The van der Waals surface area contributed by atoms with Crippen LogP contribution in [0.2, 0.25) is 0 Å². The SMILES string of the molecule is NC1(C(=O)N2CCn3c(nnc3C(F)(F)F)C2)CCCCC1. The van der Waals surface area contributed by atoms with E-state index >= 15 is 0 Å². The van der Waals surface area contributed by atoms with Crippen LogP contribution in [0.25, 0.3) is 0 Å². The second-order valence-electron chi connectivity index (χ2n) is 6.03. The zero-order valence-electron chi connectivity index (χ0n) is 12.1. The number of hydrogen-bond donors (Lipinski definition) is 1. The van der Waals surface area contributed by atoms with Gasteiger partial charge in [0.05, 0.1) is 12.1 Å². The predicted octanol–water partition coefficient (Wildman–Crippen LogP) is 1.30. The van der Waals surface area contributed by atoms with Crippen LogP contribution in [0, 0.1) is 0 Å². The second kappa shape index (κ2) is 5.22. The third kappa shape index (κ3) is 2.57. The van der Waals surface area contributed by atoms with Gasteiger partial charge in [-0.15, -0.1) is 10.2 Å². The summed E-state index contributed by atoms with van der Waals surface area (Å²) in [5.74, 6) is -1.03. The molecular weight excluding hydrogens is 299 g/mol. The molecule has 122 valence electrons. The highest BCUT2D eigenvalue weighted by molar-refractivity contribution is 5.86. The molecule has 1 aromatic rings. The largest absolute Gasteiger partial charge is 0.451 e. The van der Waals surface area contributed by atoms with Crippen molar-refractivity contribution in [1.82, 2.24) is 19.7 Å². The van der Waals surface area contributed by atoms with E-state index in [9.17, 15) is 18.0 Å². The van der Waals surface area contributed by atoms with Gasteiger partial charge in [0.2, 0.25) is 11.7 Å². The number of alkyl halides is 3. The van der Waals surface area contributed by atoms with Gasteiger partial charge in [-0.3, -0.25) is 4.79 Å². The fourth-order valence-electron chi connectivity index (χ4n) is 3.25. The van der Waals surface area contributed by atoms with Gasteiger partial charge in [0, 0.05) is 13.1 Å². The first-order valence-corrected chi connectivity index (χ1v) is 7.39. The molecule has 0 atom stereocenters. The molecule has 2 aliphatic rings. The summed E-state index contributed by atoms with van der Waals surface area (Å²) in [4.78, 5) is 14.1. The fourth-order valence-corrected chi connectivity index (χ4v) is 3.25. The lowest BCUT2D eigenvalue weighted by Gasteiger charge is -2.38. The summed E-state index contributed by atoms with van der Waals surface area (Å²) >= 11 is 0. The van der Waals surface area contributed by atoms with E-state index < -0.39 is 17.5 Å². The van der Waals surface area contributed by atoms with Crippen molar-refractivity contribution in [3.63, 3.8) is 0 Å². The molecule has 1 fully saturated rings. The van der Waals surface area contributed by atoms with Gasteiger partial charge in [-0.2, -0.15) is 13.2 Å². The van der Waals surface area contributed by atoms with Gasteiger partial charge in [0.15, 0.2) is 5.82 Å². The van der Waals surface area contributed by atoms with Crippen molar-refractivity contribution in [2.24, 2.45) is 5.73 Å². The Morgan fingerprint density at radius 2 is 1.82 bits per heavy atom. The minimum absolute atomic E-state index is 0.0286. The molecule has 3 rings (SSSR count). The van der Waals surface area contributed by atoms with Crippen LogP contribution in [0.3, 0.4) is 0 Å². The maximum atomic E-state index is 12.8. The molecule has 0 spiro atoms. The Balaban J connectivity index is 1.77. The maximum absolute atomic E-state index is 12.8. The van der Waals surface area contributed by atoms with Crippen LogP contribution in [-0.2, 0) is 24.1 Å². The molecular formula is C13H18F3N5O. The molecule has 1 amide bonds. The Morgan fingerprint density at radius 1 is 1.14 bits per heavy atom. The maximum Gasteiger partial charge on any atom is 0.451 e. The number of aromatic nitrogens is 3. The van der Waals surface area contributed by atoms with Gasteiger partial charge in [-0.25, -0.2) is 0 Å². The first-order chi connectivity index (χ1) is 10.3. The van der Waals surface area contributed by atoms with E-state index in [4.69, 9.17) is 5.73 Å². The van der Waals surface area contributed by atoms with E-state index in [2.05, 4.69) is 10.2 Å². The molecule has 2 heterocycles. The number of carbonyl (C=O) groups is 1. The average Bonchev–Trinajstić information content (AvgIpc) is 2.90. The number of nitrogens with two attached hydrogens (primary N) is 1. The minimum Gasteiger partial charge on any atom is -0.332 e. The molecule has 9 heteroatoms. The summed E-state index contributed by atoms with van der Waals surface area (Å²) < 4.78 is 39.4. The lowest BCUT2D eigenvalue weighted by molar-refractivity contribution is -0.148. The van der Waals surface area contributed by atoms with Crippen LogP contribution in [0.1, 0.15) is 43.8 Å². The van der Waals surface area contributed by atoms with E-state index in [0.29, 0.717) is 12.8 Å². The van der Waals surface area contributed by atoms with Crippen LogP contribution >= 0.6 is 0 Å². The van der Waals surface area contributed by atoms with Gasteiger partial charge >= 0.3 is 6.18 Å². The molecule has 0 bridgehead atoms. The number of halogens is 3. The van der Waals surface area contributed by atoms with Crippen molar-refractivity contribution in [3.05, 3.63) is 11.6 Å². The van der Waals surface area contributed by atoms with Crippen molar-refractivity contribution in [3.8, 4) is 0 Å². The Hall–Kier alpha value is -1.64. The summed E-state index contributed by atoms with van der Waals surface area (Å²) in [5.41, 5.74) is 5.33. The van der Waals surface area contributed by atoms with E-state index in [1.54, 1.807) is 0 Å². The Morgan fingerprint density at radius 3 is 2.45 bits per heavy atom. The van der Waals surface area contributed by atoms with Crippen molar-refractivity contribution >= 4 is 5.91 Å². The van der Waals surface area contributed by atoms with Gasteiger partial charge in [0.1, 0.15) is 0 Å². The molecule has 2 N–H and O–H groups in total. The van der Waals surface area contributed by atoms with Crippen LogP contribution in [-0.4, -0.2) is 37.7 Å². The minimum atomic E-state index is -4.53. The first kappa shape index (κ1) is 15.3. The molecule has 22 heavy (non-hydrogen) atoms. The van der Waals surface area contributed by atoms with Crippen molar-refractivity contribution in [1.29, 1.82) is 0 Å². The normalized spacial score (nSPS) is 21.5. The Kier molecular flexibility index (Phi) is 3.62. The molecule has 6 nitrogen and oxygen atoms in total. The van der Waals surface area contributed by atoms with E-state index in [-0.39, 0.29) is 31.4 Å². The molecule has 0 unspecified atom stereocenters. The Labute approximate surface area is 125 Å². The van der Waals surface area contributed by atoms with Crippen molar-refractivity contribution in [2.75, 3.05) is 6.54 Å². The molecule has 0 saturated heterocycles. The smallest absolute Gasteiger partial charge is 0.332 e. The molecule has 0 radical (unpaired) electrons. The first-order valence-electron chi connectivity index (χ1n) is 7.39. The number of fused-ring (bicyclic) bond motifs is 1. The highest BCUT2D eigenvalue weighted by Gasteiger charge is 2.42. The lowest BCUT2D eigenvalue weighted by atomic mass is 9.81. The zero-order valence-corrected chi connectivity index (χ0v) is 12.1. The van der Waals surface area contributed by atoms with Gasteiger partial charge in [-0.1, -0.05) is 19.3 Å². The summed E-state index contributed by atoms with van der Waals surface area (Å²) in [6, 6.07) is 0. The average molecular weight is 317 g/mol. The third-order valence-electron chi connectivity index (χ3n) is 4.47. The number of amides is 1. The topological polar surface area (TPSA) is 77.0 Å². The Bertz CT molecular complexity index is 577. The number of nitrogens with zero attached hydrogens (tertiary/aromatic N) is 4. The van der Waals surface area contributed by atoms with E-state index in [1.165, 1.54) is 4.90 Å². The summed E-state index contributed by atoms with van der Waals surface area (Å²) in [6.07, 6.45) is -0.397. The third-order valence-corrected chi connectivity index (χ3v) is 4.47. The van der Waals surface area contributed by atoms with E-state index in [0.717, 1.165) is 23.8 Å². The van der Waals surface area contributed by atoms with Gasteiger partial charge < -0.3 is 15.2 Å². The zero-order chi connectivity index (χ0) is 16.0. The van der Waals surface area contributed by atoms with Crippen LogP contribution in [0.15, 0.2) is 0 Å². The summed E-state index contributed by atoms with van der Waals surface area (Å²) in [6.45, 7) is 0.270. The van der Waals surface area contributed by atoms with E-state index in [1.807, 2.05) is 0 Å². The quantitative estimate of drug-likeness (QED) is 0.847. The van der Waals surface area contributed by atoms with Gasteiger partial charge in [0.25, 0.3) is 0 Å². The van der Waals surface area contributed by atoms with Crippen molar-refractivity contribution < 1.29 is 18.0 Å². The predicted molar refractivity (Wildman–Crippen MR) is 70.4 cm³/mol. The molecule has 1 aromatic heterocycles. The standard InChI is InChI=1S/C13H18F3N5O/c14-13(15,16)10-19-18-9-8-20(6-7-21(9)10)11(22)12(17)4-2-1-3-5-12/h1-8,17H2. The monoisotopic (exact) mass is 317 g/mol. The molecule has 1 aliphatic heterocycles. The second-order valence-corrected chi connectivity index (χ2v) is 6.03. The van der Waals surface area contributed by atoms with Gasteiger partial charge in [-0.05, 0) is 12.8 Å². The number of carbonyl (C=O) groups excluding carboxylic acids is 1. The number of rotatable bonds is 1. The number of hydrogen-bond acceptors (Lipinski definition) is 4. The summed E-state index contributed by atoms with van der Waals surface area (Å²) in [7, 11) is 0. The molecule has 0 aromatic carbocycles. The molecule has 1 saturated carbocycles.